The quantitative estimate of drug-likeness (QED) is 0.528. The molecule has 1 aromatic carbocycles. The minimum absolute atomic E-state index is 0.192. The molecule has 0 unspecified atom stereocenters. The highest BCUT2D eigenvalue weighted by Crippen LogP contribution is 2.24. The molecule has 3 aromatic rings. The van der Waals surface area contributed by atoms with Crippen LogP contribution in [0.25, 0.3) is 16.8 Å². The molecule has 2 heterocycles. The van der Waals surface area contributed by atoms with Crippen LogP contribution in [0.2, 0.25) is 0 Å². The van der Waals surface area contributed by atoms with E-state index in [0.29, 0.717) is 17.0 Å². The lowest BCUT2D eigenvalue weighted by molar-refractivity contribution is 0.104. The first-order valence-corrected chi connectivity index (χ1v) is 7.08. The molecule has 2 aromatic heterocycles. The normalized spacial score (nSPS) is 11.1. The predicted molar refractivity (Wildman–Crippen MR) is 79.6 cm³/mol. The van der Waals surface area contributed by atoms with Gasteiger partial charge in [-0.25, -0.2) is 9.37 Å². The topological polar surface area (TPSA) is 43.1 Å². The summed E-state index contributed by atoms with van der Waals surface area (Å²) in [5.74, 6) is 0.144. The van der Waals surface area contributed by atoms with Crippen LogP contribution in [0, 0.1) is 5.82 Å². The van der Waals surface area contributed by atoms with Crippen LogP contribution in [0.1, 0.15) is 16.1 Å². The number of hydrogen-bond donors (Lipinski definition) is 0. The van der Waals surface area contributed by atoms with Crippen LogP contribution in [-0.4, -0.2) is 10.8 Å². The maximum absolute atomic E-state index is 12.8. The third kappa shape index (κ3) is 3.14. The third-order valence-electron chi connectivity index (χ3n) is 2.79. The minimum atomic E-state index is -0.363. The zero-order valence-electron chi connectivity index (χ0n) is 10.8. The Morgan fingerprint density at radius 2 is 2.05 bits per heavy atom. The van der Waals surface area contributed by atoms with Crippen molar-refractivity contribution in [2.75, 3.05) is 0 Å². The van der Waals surface area contributed by atoms with Crippen molar-refractivity contribution in [3.05, 3.63) is 71.2 Å². The highest BCUT2D eigenvalue weighted by atomic mass is 32.1. The maximum atomic E-state index is 12.8. The van der Waals surface area contributed by atoms with Crippen molar-refractivity contribution in [2.45, 2.75) is 0 Å². The van der Waals surface area contributed by atoms with Crippen molar-refractivity contribution < 1.29 is 13.6 Å². The second-order valence-corrected chi connectivity index (χ2v) is 5.12. The molecule has 0 radical (unpaired) electrons. The Morgan fingerprint density at radius 1 is 1.24 bits per heavy atom. The first-order valence-electron chi connectivity index (χ1n) is 6.20. The summed E-state index contributed by atoms with van der Waals surface area (Å²) < 4.78 is 18.1. The summed E-state index contributed by atoms with van der Waals surface area (Å²) in [4.78, 5) is 16.3. The van der Waals surface area contributed by atoms with Crippen LogP contribution in [0.15, 0.2) is 58.5 Å². The van der Waals surface area contributed by atoms with Gasteiger partial charge in [-0.2, -0.15) is 0 Å². The third-order valence-corrected chi connectivity index (χ3v) is 3.66. The number of carbonyl (C=O) groups is 1. The number of furan rings is 1. The summed E-state index contributed by atoms with van der Waals surface area (Å²) >= 11 is 1.44. The number of halogens is 1. The molecule has 0 aliphatic carbocycles. The van der Waals surface area contributed by atoms with Gasteiger partial charge in [0.25, 0.3) is 0 Å². The van der Waals surface area contributed by atoms with Gasteiger partial charge in [0.1, 0.15) is 5.82 Å². The zero-order valence-corrected chi connectivity index (χ0v) is 11.6. The molecule has 3 nitrogen and oxygen atoms in total. The fraction of sp³-hybridized carbons (Fsp3) is 0. The lowest BCUT2D eigenvalue weighted by Crippen LogP contribution is -1.93. The fourth-order valence-corrected chi connectivity index (χ4v) is 2.50. The first kappa shape index (κ1) is 13.5. The van der Waals surface area contributed by atoms with Gasteiger partial charge >= 0.3 is 0 Å². The Balaban J connectivity index is 1.74. The molecule has 5 heteroatoms. The number of allylic oxidation sites excluding steroid dienone is 1. The Morgan fingerprint density at radius 3 is 2.76 bits per heavy atom. The maximum Gasteiger partial charge on any atom is 0.185 e. The Labute approximate surface area is 124 Å². The monoisotopic (exact) mass is 299 g/mol. The van der Waals surface area contributed by atoms with E-state index in [1.165, 1.54) is 41.7 Å². The van der Waals surface area contributed by atoms with Crippen molar-refractivity contribution in [1.82, 2.24) is 4.98 Å². The predicted octanol–water partition coefficient (Wildman–Crippen LogP) is 4.44. The van der Waals surface area contributed by atoms with Crippen molar-refractivity contribution in [3.8, 4) is 10.8 Å². The molecule has 3 rings (SSSR count). The zero-order chi connectivity index (χ0) is 14.7. The van der Waals surface area contributed by atoms with E-state index < -0.39 is 0 Å². The Kier molecular flexibility index (Phi) is 3.75. The van der Waals surface area contributed by atoms with E-state index in [1.54, 1.807) is 18.4 Å². The smallest absolute Gasteiger partial charge is 0.185 e. The minimum Gasteiger partial charge on any atom is -0.462 e. The number of benzene rings is 1. The van der Waals surface area contributed by atoms with Crippen molar-refractivity contribution in [1.29, 1.82) is 0 Å². The molecule has 0 saturated carbocycles. The molecular formula is C16H10FNO2S. The number of ketones is 1. The van der Waals surface area contributed by atoms with Crippen molar-refractivity contribution in [3.63, 3.8) is 0 Å². The van der Waals surface area contributed by atoms with E-state index in [-0.39, 0.29) is 11.6 Å². The molecule has 0 aliphatic heterocycles. The Bertz CT molecular complexity index is 773. The number of carbonyl (C=O) groups excluding carboxylic acids is 1. The molecule has 0 saturated heterocycles. The van der Waals surface area contributed by atoms with Crippen LogP contribution < -0.4 is 0 Å². The van der Waals surface area contributed by atoms with Crippen LogP contribution in [-0.2, 0) is 0 Å². The van der Waals surface area contributed by atoms with Gasteiger partial charge in [-0.15, -0.1) is 11.3 Å². The van der Waals surface area contributed by atoms with Crippen molar-refractivity contribution in [2.24, 2.45) is 0 Å². The highest BCUT2D eigenvalue weighted by molar-refractivity contribution is 7.13. The average molecular weight is 299 g/mol. The van der Waals surface area contributed by atoms with Crippen molar-refractivity contribution >= 4 is 23.2 Å². The van der Waals surface area contributed by atoms with Gasteiger partial charge in [0.05, 0.1) is 12.0 Å². The van der Waals surface area contributed by atoms with Gasteiger partial charge in [-0.3, -0.25) is 4.79 Å². The van der Waals surface area contributed by atoms with Crippen LogP contribution in [0.3, 0.4) is 0 Å². The number of thiazole rings is 1. The van der Waals surface area contributed by atoms with Gasteiger partial charge in [-0.05, 0) is 48.6 Å². The van der Waals surface area contributed by atoms with E-state index in [0.717, 1.165) is 5.01 Å². The van der Waals surface area contributed by atoms with Gasteiger partial charge in [-0.1, -0.05) is 0 Å². The van der Waals surface area contributed by atoms with E-state index in [9.17, 15) is 9.18 Å². The number of nitrogens with zero attached hydrogens (tertiary/aromatic N) is 1. The summed E-state index contributed by atoms with van der Waals surface area (Å²) in [5, 5.41) is 2.60. The standard InChI is InChI=1S/C16H10FNO2S/c17-12-5-3-11(4-6-12)14(19)8-7-13-10-21-16(18-13)15-2-1-9-20-15/h1-10H/b8-7+. The molecule has 0 amide bonds. The molecule has 0 bridgehead atoms. The van der Waals surface area contributed by atoms with Gasteiger partial charge in [0, 0.05) is 10.9 Å². The van der Waals surface area contributed by atoms with Crippen LogP contribution in [0.5, 0.6) is 0 Å². The molecule has 0 N–H and O–H groups in total. The summed E-state index contributed by atoms with van der Waals surface area (Å²) in [6.45, 7) is 0. The number of rotatable bonds is 4. The molecular weight excluding hydrogens is 289 g/mol. The summed E-state index contributed by atoms with van der Waals surface area (Å²) in [5.41, 5.74) is 1.12. The van der Waals surface area contributed by atoms with Crippen LogP contribution in [0.4, 0.5) is 4.39 Å². The van der Waals surface area contributed by atoms with Gasteiger partial charge in [0.15, 0.2) is 16.6 Å². The summed E-state index contributed by atoms with van der Waals surface area (Å²) in [6, 6.07) is 9.06. The summed E-state index contributed by atoms with van der Waals surface area (Å²) in [7, 11) is 0. The fourth-order valence-electron chi connectivity index (χ4n) is 1.75. The Hall–Kier alpha value is -2.53. The molecule has 0 spiro atoms. The molecule has 21 heavy (non-hydrogen) atoms. The van der Waals surface area contributed by atoms with Crippen LogP contribution >= 0.6 is 11.3 Å². The number of hydrogen-bond acceptors (Lipinski definition) is 4. The van der Waals surface area contributed by atoms with Gasteiger partial charge in [0.2, 0.25) is 0 Å². The average Bonchev–Trinajstić information content (AvgIpc) is 3.16. The SMILES string of the molecule is O=C(/C=C/c1csc(-c2ccco2)n1)c1ccc(F)cc1. The lowest BCUT2D eigenvalue weighted by atomic mass is 10.1. The van der Waals surface area contributed by atoms with Gasteiger partial charge < -0.3 is 4.42 Å². The van der Waals surface area contributed by atoms with E-state index >= 15 is 0 Å². The van der Waals surface area contributed by atoms with E-state index in [1.807, 2.05) is 11.4 Å². The first-order chi connectivity index (χ1) is 10.2. The van der Waals surface area contributed by atoms with E-state index in [4.69, 9.17) is 4.42 Å². The molecule has 104 valence electrons. The lowest BCUT2D eigenvalue weighted by Gasteiger charge is -1.94. The molecule has 0 aliphatic rings. The highest BCUT2D eigenvalue weighted by Gasteiger charge is 2.06. The molecule has 0 atom stereocenters. The number of aromatic nitrogens is 1. The second kappa shape index (κ2) is 5.85. The molecule has 0 fully saturated rings. The summed E-state index contributed by atoms with van der Waals surface area (Å²) in [6.07, 6.45) is 4.65. The van der Waals surface area contributed by atoms with E-state index in [2.05, 4.69) is 4.98 Å². The second-order valence-electron chi connectivity index (χ2n) is 4.26. The largest absolute Gasteiger partial charge is 0.462 e.